The quantitative estimate of drug-likeness (QED) is 0.836. The van der Waals surface area contributed by atoms with Gasteiger partial charge in [0, 0.05) is 50.9 Å². The van der Waals surface area contributed by atoms with Crippen molar-refractivity contribution in [3.8, 4) is 0 Å². The molecule has 1 aromatic rings. The first kappa shape index (κ1) is 19.4. The summed E-state index contributed by atoms with van der Waals surface area (Å²) in [5, 5.41) is 3.38. The van der Waals surface area contributed by atoms with Crippen LogP contribution in [0.5, 0.6) is 0 Å². The zero-order valence-corrected chi connectivity index (χ0v) is 16.4. The number of nitrogens with one attached hydrogen (secondary N) is 1. The lowest BCUT2D eigenvalue weighted by Gasteiger charge is -2.36. The van der Waals surface area contributed by atoms with Gasteiger partial charge in [0.15, 0.2) is 0 Å². The van der Waals surface area contributed by atoms with Gasteiger partial charge < -0.3 is 15.1 Å². The summed E-state index contributed by atoms with van der Waals surface area (Å²) in [5.41, 5.74) is 0.393. The molecule has 0 radical (unpaired) electrons. The van der Waals surface area contributed by atoms with Gasteiger partial charge in [-0.3, -0.25) is 14.5 Å². The van der Waals surface area contributed by atoms with Crippen LogP contribution in [-0.2, 0) is 4.79 Å². The fourth-order valence-corrected chi connectivity index (χ4v) is 3.76. The number of nitrogens with zero attached hydrogens (tertiary/aromatic N) is 3. The molecule has 0 aromatic heterocycles. The minimum Gasteiger partial charge on any atom is -0.343 e. The molecule has 2 heterocycles. The summed E-state index contributed by atoms with van der Waals surface area (Å²) in [5.74, 6) is -0.373. The standard InChI is InChI=1S/C18H24Cl2N4O2/c1-22-6-8-23(9-7-22)14-4-5-24(12-14)17(25)11-21-18(26)13-2-3-15(19)16(20)10-13/h2-3,10,14H,4-9,11-12H2,1H3,(H,21,26). The Balaban J connectivity index is 1.46. The third-order valence-electron chi connectivity index (χ3n) is 5.15. The predicted molar refractivity (Wildman–Crippen MR) is 103 cm³/mol. The Bertz CT molecular complexity index is 677. The van der Waals surface area contributed by atoms with Crippen LogP contribution in [0.4, 0.5) is 0 Å². The van der Waals surface area contributed by atoms with Crippen molar-refractivity contribution >= 4 is 35.0 Å². The third kappa shape index (κ3) is 4.68. The van der Waals surface area contributed by atoms with E-state index in [1.165, 1.54) is 6.07 Å². The van der Waals surface area contributed by atoms with Crippen LogP contribution in [0.2, 0.25) is 10.0 Å². The van der Waals surface area contributed by atoms with Gasteiger partial charge in [0.25, 0.3) is 5.91 Å². The highest BCUT2D eigenvalue weighted by molar-refractivity contribution is 6.42. The molecular formula is C18H24Cl2N4O2. The van der Waals surface area contributed by atoms with Crippen molar-refractivity contribution in [2.45, 2.75) is 12.5 Å². The number of piperazine rings is 1. The van der Waals surface area contributed by atoms with E-state index in [9.17, 15) is 9.59 Å². The molecule has 2 amide bonds. The zero-order valence-electron chi connectivity index (χ0n) is 14.9. The van der Waals surface area contributed by atoms with Gasteiger partial charge in [-0.05, 0) is 31.7 Å². The minimum atomic E-state index is -0.327. The first-order chi connectivity index (χ1) is 12.4. The Morgan fingerprint density at radius 1 is 1.12 bits per heavy atom. The second-order valence-electron chi connectivity index (χ2n) is 6.93. The average Bonchev–Trinajstić information content (AvgIpc) is 3.12. The Hall–Kier alpha value is -1.34. The molecule has 142 valence electrons. The third-order valence-corrected chi connectivity index (χ3v) is 5.89. The van der Waals surface area contributed by atoms with Crippen molar-refractivity contribution in [3.63, 3.8) is 0 Å². The molecule has 26 heavy (non-hydrogen) atoms. The first-order valence-corrected chi connectivity index (χ1v) is 9.63. The van der Waals surface area contributed by atoms with Crippen molar-refractivity contribution in [2.24, 2.45) is 0 Å². The number of benzene rings is 1. The van der Waals surface area contributed by atoms with E-state index < -0.39 is 0 Å². The Morgan fingerprint density at radius 3 is 2.54 bits per heavy atom. The second kappa shape index (κ2) is 8.57. The molecule has 1 unspecified atom stereocenters. The van der Waals surface area contributed by atoms with Crippen LogP contribution in [0.1, 0.15) is 16.8 Å². The van der Waals surface area contributed by atoms with E-state index in [-0.39, 0.29) is 18.4 Å². The normalized spacial score (nSPS) is 21.8. The lowest BCUT2D eigenvalue weighted by Crippen LogP contribution is -2.50. The number of likely N-dealkylation sites (N-methyl/N-ethyl adjacent to an activating group) is 1. The Labute approximate surface area is 164 Å². The van der Waals surface area contributed by atoms with E-state index in [2.05, 4.69) is 22.2 Å². The van der Waals surface area contributed by atoms with Crippen molar-refractivity contribution in [1.82, 2.24) is 20.0 Å². The van der Waals surface area contributed by atoms with Gasteiger partial charge in [-0.15, -0.1) is 0 Å². The highest BCUT2D eigenvalue weighted by Gasteiger charge is 2.31. The van der Waals surface area contributed by atoms with Crippen LogP contribution in [-0.4, -0.2) is 85.4 Å². The fourth-order valence-electron chi connectivity index (χ4n) is 3.46. The lowest BCUT2D eigenvalue weighted by molar-refractivity contribution is -0.129. The molecule has 2 aliphatic rings. The molecule has 1 aromatic carbocycles. The zero-order chi connectivity index (χ0) is 18.7. The van der Waals surface area contributed by atoms with Crippen molar-refractivity contribution in [2.75, 3.05) is 52.9 Å². The molecular weight excluding hydrogens is 375 g/mol. The van der Waals surface area contributed by atoms with Gasteiger partial charge in [0.2, 0.25) is 5.91 Å². The number of carbonyl (C=O) groups excluding carboxylic acids is 2. The van der Waals surface area contributed by atoms with E-state index in [0.717, 1.165) is 45.7 Å². The van der Waals surface area contributed by atoms with E-state index in [1.807, 2.05) is 4.90 Å². The number of likely N-dealkylation sites (tertiary alicyclic amines) is 1. The molecule has 1 atom stereocenters. The number of carbonyl (C=O) groups is 2. The van der Waals surface area contributed by atoms with Gasteiger partial charge in [-0.25, -0.2) is 0 Å². The molecule has 2 aliphatic heterocycles. The highest BCUT2D eigenvalue weighted by atomic mass is 35.5. The molecule has 0 saturated carbocycles. The molecule has 3 rings (SSSR count). The van der Waals surface area contributed by atoms with Gasteiger partial charge in [0.1, 0.15) is 0 Å². The SMILES string of the molecule is CN1CCN(C2CCN(C(=O)CNC(=O)c3ccc(Cl)c(Cl)c3)C2)CC1. The fraction of sp³-hybridized carbons (Fsp3) is 0.556. The van der Waals surface area contributed by atoms with Crippen molar-refractivity contribution in [3.05, 3.63) is 33.8 Å². The van der Waals surface area contributed by atoms with Crippen molar-refractivity contribution < 1.29 is 9.59 Å². The number of hydrogen-bond donors (Lipinski definition) is 1. The summed E-state index contributed by atoms with van der Waals surface area (Å²) < 4.78 is 0. The molecule has 6 nitrogen and oxygen atoms in total. The van der Waals surface area contributed by atoms with Crippen molar-refractivity contribution in [1.29, 1.82) is 0 Å². The van der Waals surface area contributed by atoms with Crippen LogP contribution in [0.15, 0.2) is 18.2 Å². The van der Waals surface area contributed by atoms with Crippen LogP contribution < -0.4 is 5.32 Å². The topological polar surface area (TPSA) is 55.9 Å². The summed E-state index contributed by atoms with van der Waals surface area (Å²) in [4.78, 5) is 31.2. The maximum Gasteiger partial charge on any atom is 0.251 e. The molecule has 1 N–H and O–H groups in total. The number of rotatable bonds is 4. The average molecular weight is 399 g/mol. The molecule has 8 heteroatoms. The summed E-state index contributed by atoms with van der Waals surface area (Å²) in [6.07, 6.45) is 0.996. The largest absolute Gasteiger partial charge is 0.343 e. The van der Waals surface area contributed by atoms with Crippen LogP contribution >= 0.6 is 23.2 Å². The smallest absolute Gasteiger partial charge is 0.251 e. The van der Waals surface area contributed by atoms with Gasteiger partial charge in [0.05, 0.1) is 16.6 Å². The molecule has 0 aliphatic carbocycles. The maximum atomic E-state index is 12.4. The monoisotopic (exact) mass is 398 g/mol. The maximum absolute atomic E-state index is 12.4. The van der Waals surface area contributed by atoms with E-state index >= 15 is 0 Å². The Kier molecular flexibility index (Phi) is 6.40. The van der Waals surface area contributed by atoms with E-state index in [1.54, 1.807) is 12.1 Å². The van der Waals surface area contributed by atoms with Crippen LogP contribution in [0, 0.1) is 0 Å². The van der Waals surface area contributed by atoms with Gasteiger partial charge in [-0.1, -0.05) is 23.2 Å². The van der Waals surface area contributed by atoms with Crippen LogP contribution in [0.25, 0.3) is 0 Å². The lowest BCUT2D eigenvalue weighted by atomic mass is 10.2. The van der Waals surface area contributed by atoms with Gasteiger partial charge >= 0.3 is 0 Å². The minimum absolute atomic E-state index is 0.00542. The van der Waals surface area contributed by atoms with E-state index in [0.29, 0.717) is 21.7 Å². The highest BCUT2D eigenvalue weighted by Crippen LogP contribution is 2.22. The van der Waals surface area contributed by atoms with E-state index in [4.69, 9.17) is 23.2 Å². The summed E-state index contributed by atoms with van der Waals surface area (Å²) in [6.45, 7) is 5.74. The van der Waals surface area contributed by atoms with Gasteiger partial charge in [-0.2, -0.15) is 0 Å². The summed E-state index contributed by atoms with van der Waals surface area (Å²) >= 11 is 11.8. The molecule has 2 fully saturated rings. The first-order valence-electron chi connectivity index (χ1n) is 8.87. The number of halogens is 2. The molecule has 2 saturated heterocycles. The second-order valence-corrected chi connectivity index (χ2v) is 7.75. The number of hydrogen-bond acceptors (Lipinski definition) is 4. The predicted octanol–water partition coefficient (Wildman–Crippen LogP) is 1.57. The molecule has 0 spiro atoms. The summed E-state index contributed by atoms with van der Waals surface area (Å²) in [6, 6.07) is 5.09. The van der Waals surface area contributed by atoms with Crippen LogP contribution in [0.3, 0.4) is 0 Å². The molecule has 0 bridgehead atoms. The summed E-state index contributed by atoms with van der Waals surface area (Å²) in [7, 11) is 2.14. The Morgan fingerprint density at radius 2 is 1.85 bits per heavy atom. The number of amides is 2.